The summed E-state index contributed by atoms with van der Waals surface area (Å²) in [5, 5.41) is 13.5. The fraction of sp³-hybridized carbons (Fsp3) is 0.333. The lowest BCUT2D eigenvalue weighted by atomic mass is 10.1. The fourth-order valence-corrected chi connectivity index (χ4v) is 2.22. The van der Waals surface area contributed by atoms with Gasteiger partial charge >= 0.3 is 0 Å². The van der Waals surface area contributed by atoms with Crippen LogP contribution in [0.4, 0.5) is 4.39 Å². The highest BCUT2D eigenvalue weighted by Gasteiger charge is 2.15. The molecule has 3 nitrogen and oxygen atoms in total. The van der Waals surface area contributed by atoms with Gasteiger partial charge in [-0.2, -0.15) is 0 Å². The van der Waals surface area contributed by atoms with Gasteiger partial charge in [0, 0.05) is 23.2 Å². The van der Waals surface area contributed by atoms with Crippen LogP contribution in [-0.2, 0) is 6.54 Å². The number of aliphatic hydroxyl groups is 1. The maximum atomic E-state index is 13.6. The Labute approximate surface area is 122 Å². The van der Waals surface area contributed by atoms with Crippen LogP contribution >= 0.6 is 11.6 Å². The minimum absolute atomic E-state index is 0.00854. The summed E-state index contributed by atoms with van der Waals surface area (Å²) < 4.78 is 18.7. The molecule has 0 saturated heterocycles. The first-order valence-corrected chi connectivity index (χ1v) is 6.83. The third-order valence-electron chi connectivity index (χ3n) is 3.14. The predicted octanol–water partition coefficient (Wildman–Crippen LogP) is 3.67. The summed E-state index contributed by atoms with van der Waals surface area (Å²) in [6.45, 7) is 2.23. The van der Waals surface area contributed by atoms with Crippen LogP contribution in [0.15, 0.2) is 41.0 Å². The van der Waals surface area contributed by atoms with Gasteiger partial charge in [-0.25, -0.2) is 4.39 Å². The zero-order valence-electron chi connectivity index (χ0n) is 11.1. The molecule has 0 saturated carbocycles. The second-order valence-electron chi connectivity index (χ2n) is 4.75. The van der Waals surface area contributed by atoms with E-state index in [0.717, 1.165) is 0 Å². The SMILES string of the molecule is CC(CC(O)c1ccco1)NCc1c(F)cccc1Cl. The molecule has 2 atom stereocenters. The summed E-state index contributed by atoms with van der Waals surface area (Å²) in [6, 6.07) is 8.06. The monoisotopic (exact) mass is 297 g/mol. The zero-order chi connectivity index (χ0) is 14.5. The average molecular weight is 298 g/mol. The number of hydrogen-bond acceptors (Lipinski definition) is 3. The van der Waals surface area contributed by atoms with Gasteiger partial charge in [0.2, 0.25) is 0 Å². The van der Waals surface area contributed by atoms with E-state index in [9.17, 15) is 9.50 Å². The van der Waals surface area contributed by atoms with Crippen LogP contribution < -0.4 is 5.32 Å². The molecule has 0 fully saturated rings. The molecule has 1 aromatic carbocycles. The molecule has 0 bridgehead atoms. The smallest absolute Gasteiger partial charge is 0.132 e. The standard InChI is InChI=1S/C15H17ClFNO2/c1-10(8-14(19)15-6-3-7-20-15)18-9-11-12(16)4-2-5-13(11)17/h2-7,10,14,18-19H,8-9H2,1H3. The van der Waals surface area contributed by atoms with Gasteiger partial charge in [-0.3, -0.25) is 0 Å². The first kappa shape index (κ1) is 15.0. The summed E-state index contributed by atoms with van der Waals surface area (Å²) in [5.74, 6) is 0.200. The lowest BCUT2D eigenvalue weighted by Gasteiger charge is -2.17. The van der Waals surface area contributed by atoms with Crippen LogP contribution in [-0.4, -0.2) is 11.1 Å². The van der Waals surface area contributed by atoms with Gasteiger partial charge in [0.05, 0.1) is 6.26 Å². The quantitative estimate of drug-likeness (QED) is 0.855. The Morgan fingerprint density at radius 1 is 1.35 bits per heavy atom. The van der Waals surface area contributed by atoms with E-state index < -0.39 is 6.10 Å². The zero-order valence-corrected chi connectivity index (χ0v) is 11.9. The maximum absolute atomic E-state index is 13.6. The van der Waals surface area contributed by atoms with E-state index in [2.05, 4.69) is 5.32 Å². The minimum atomic E-state index is -0.677. The number of aliphatic hydroxyl groups excluding tert-OH is 1. The van der Waals surface area contributed by atoms with E-state index in [1.165, 1.54) is 12.3 Å². The summed E-state index contributed by atoms with van der Waals surface area (Å²) in [5.41, 5.74) is 0.438. The lowest BCUT2D eigenvalue weighted by molar-refractivity contribution is 0.128. The average Bonchev–Trinajstić information content (AvgIpc) is 2.92. The molecule has 0 spiro atoms. The van der Waals surface area contributed by atoms with Crippen LogP contribution in [0, 0.1) is 5.82 Å². The molecule has 2 unspecified atom stereocenters. The van der Waals surface area contributed by atoms with Crippen molar-refractivity contribution in [3.8, 4) is 0 Å². The highest BCUT2D eigenvalue weighted by atomic mass is 35.5. The molecular weight excluding hydrogens is 281 g/mol. The lowest BCUT2D eigenvalue weighted by Crippen LogP contribution is -2.27. The van der Waals surface area contributed by atoms with E-state index >= 15 is 0 Å². The van der Waals surface area contributed by atoms with Gasteiger partial charge in [0.25, 0.3) is 0 Å². The van der Waals surface area contributed by atoms with Gasteiger partial charge in [0.1, 0.15) is 17.7 Å². The van der Waals surface area contributed by atoms with Gasteiger partial charge in [0.15, 0.2) is 0 Å². The largest absolute Gasteiger partial charge is 0.467 e. The van der Waals surface area contributed by atoms with Crippen molar-refractivity contribution in [3.05, 3.63) is 58.8 Å². The van der Waals surface area contributed by atoms with Crippen molar-refractivity contribution in [2.24, 2.45) is 0 Å². The van der Waals surface area contributed by atoms with E-state index in [1.807, 2.05) is 6.92 Å². The maximum Gasteiger partial charge on any atom is 0.132 e. The molecule has 0 aliphatic rings. The summed E-state index contributed by atoms with van der Waals surface area (Å²) in [6.07, 6.45) is 1.32. The third kappa shape index (κ3) is 3.82. The predicted molar refractivity (Wildman–Crippen MR) is 76.0 cm³/mol. The molecule has 20 heavy (non-hydrogen) atoms. The Morgan fingerprint density at radius 2 is 2.15 bits per heavy atom. The number of rotatable bonds is 6. The Balaban J connectivity index is 1.88. The molecule has 108 valence electrons. The highest BCUT2D eigenvalue weighted by Crippen LogP contribution is 2.21. The van der Waals surface area contributed by atoms with Crippen molar-refractivity contribution >= 4 is 11.6 Å². The molecule has 0 amide bonds. The summed E-state index contributed by atoms with van der Waals surface area (Å²) in [7, 11) is 0. The van der Waals surface area contributed by atoms with Crippen molar-refractivity contribution < 1.29 is 13.9 Å². The van der Waals surface area contributed by atoms with Gasteiger partial charge in [-0.15, -0.1) is 0 Å². The van der Waals surface area contributed by atoms with Crippen LogP contribution in [0.5, 0.6) is 0 Å². The van der Waals surface area contributed by atoms with E-state index in [1.54, 1.807) is 24.3 Å². The number of hydrogen-bond donors (Lipinski definition) is 2. The number of benzene rings is 1. The Bertz CT molecular complexity index is 525. The second-order valence-corrected chi connectivity index (χ2v) is 5.16. The van der Waals surface area contributed by atoms with Crippen molar-refractivity contribution in [2.75, 3.05) is 0 Å². The molecule has 2 rings (SSSR count). The minimum Gasteiger partial charge on any atom is -0.467 e. The highest BCUT2D eigenvalue weighted by molar-refractivity contribution is 6.31. The second kappa shape index (κ2) is 6.88. The number of halogens is 2. The van der Waals surface area contributed by atoms with Gasteiger partial charge < -0.3 is 14.8 Å². The van der Waals surface area contributed by atoms with E-state index in [0.29, 0.717) is 29.3 Å². The van der Waals surface area contributed by atoms with E-state index in [-0.39, 0.29) is 11.9 Å². The molecule has 0 aliphatic carbocycles. The van der Waals surface area contributed by atoms with Crippen molar-refractivity contribution in [1.29, 1.82) is 0 Å². The molecule has 1 aromatic heterocycles. The van der Waals surface area contributed by atoms with Crippen molar-refractivity contribution in [1.82, 2.24) is 5.32 Å². The van der Waals surface area contributed by atoms with Crippen LogP contribution in [0.1, 0.15) is 30.8 Å². The summed E-state index contributed by atoms with van der Waals surface area (Å²) >= 11 is 5.96. The number of nitrogens with one attached hydrogen (secondary N) is 1. The molecule has 0 radical (unpaired) electrons. The van der Waals surface area contributed by atoms with Gasteiger partial charge in [-0.05, 0) is 37.6 Å². The van der Waals surface area contributed by atoms with Crippen LogP contribution in [0.25, 0.3) is 0 Å². The van der Waals surface area contributed by atoms with Gasteiger partial charge in [-0.1, -0.05) is 17.7 Å². The molecule has 2 aromatic rings. The Hall–Kier alpha value is -1.36. The third-order valence-corrected chi connectivity index (χ3v) is 3.49. The first-order chi connectivity index (χ1) is 9.58. The molecular formula is C15H17ClFNO2. The Kier molecular flexibility index (Phi) is 5.17. The van der Waals surface area contributed by atoms with Crippen LogP contribution in [0.3, 0.4) is 0 Å². The molecule has 0 aliphatic heterocycles. The number of furan rings is 1. The topological polar surface area (TPSA) is 45.4 Å². The van der Waals surface area contributed by atoms with E-state index in [4.69, 9.17) is 16.0 Å². The Morgan fingerprint density at radius 3 is 2.80 bits per heavy atom. The van der Waals surface area contributed by atoms with Crippen LogP contribution in [0.2, 0.25) is 5.02 Å². The van der Waals surface area contributed by atoms with Crippen molar-refractivity contribution in [3.63, 3.8) is 0 Å². The first-order valence-electron chi connectivity index (χ1n) is 6.45. The molecule has 5 heteroatoms. The summed E-state index contributed by atoms with van der Waals surface area (Å²) in [4.78, 5) is 0. The van der Waals surface area contributed by atoms with Crippen molar-refractivity contribution in [2.45, 2.75) is 32.0 Å². The molecule has 1 heterocycles. The fourth-order valence-electron chi connectivity index (χ4n) is 1.99. The molecule has 2 N–H and O–H groups in total. The normalized spacial score (nSPS) is 14.2.